The largest absolute Gasteiger partial charge is 0.350 e. The van der Waals surface area contributed by atoms with Crippen LogP contribution in [0.15, 0.2) is 24.3 Å². The van der Waals surface area contributed by atoms with E-state index in [2.05, 4.69) is 12.1 Å². The second kappa shape index (κ2) is 9.08. The number of halogens is 1. The third-order valence-electron chi connectivity index (χ3n) is 7.17. The van der Waals surface area contributed by atoms with Crippen molar-refractivity contribution in [2.24, 2.45) is 17.8 Å². The van der Waals surface area contributed by atoms with Crippen molar-refractivity contribution >= 4 is 11.6 Å². The summed E-state index contributed by atoms with van der Waals surface area (Å²) in [6, 6.07) is 8.56. The van der Waals surface area contributed by atoms with Crippen LogP contribution in [0.4, 0.5) is 0 Å². The van der Waals surface area contributed by atoms with E-state index in [-0.39, 0.29) is 6.29 Å². The minimum Gasteiger partial charge on any atom is -0.350 e. The van der Waals surface area contributed by atoms with E-state index < -0.39 is 0 Å². The molecule has 2 aliphatic carbocycles. The third kappa shape index (κ3) is 4.82. The molecule has 2 saturated carbocycles. The molecular formula is C23H33ClO2. The van der Waals surface area contributed by atoms with E-state index in [0.717, 1.165) is 48.3 Å². The summed E-state index contributed by atoms with van der Waals surface area (Å²) < 4.78 is 11.2. The molecule has 3 aliphatic rings. The average molecular weight is 377 g/mol. The van der Waals surface area contributed by atoms with Gasteiger partial charge in [0.1, 0.15) is 0 Å². The van der Waals surface area contributed by atoms with Gasteiger partial charge in [0.15, 0.2) is 6.29 Å². The van der Waals surface area contributed by atoms with E-state index in [0.29, 0.717) is 0 Å². The Morgan fingerprint density at radius 3 is 1.92 bits per heavy atom. The van der Waals surface area contributed by atoms with Gasteiger partial charge in [0.25, 0.3) is 0 Å². The molecule has 0 spiro atoms. The van der Waals surface area contributed by atoms with Crippen LogP contribution in [0.5, 0.6) is 0 Å². The van der Waals surface area contributed by atoms with E-state index >= 15 is 0 Å². The van der Waals surface area contributed by atoms with Crippen molar-refractivity contribution in [3.05, 3.63) is 34.9 Å². The molecule has 3 heteroatoms. The van der Waals surface area contributed by atoms with Crippen molar-refractivity contribution in [2.75, 3.05) is 13.2 Å². The van der Waals surface area contributed by atoms with Gasteiger partial charge < -0.3 is 9.47 Å². The van der Waals surface area contributed by atoms with Gasteiger partial charge >= 0.3 is 0 Å². The Hall–Kier alpha value is -0.570. The molecule has 0 N–H and O–H groups in total. The zero-order valence-corrected chi connectivity index (χ0v) is 16.6. The van der Waals surface area contributed by atoms with Crippen LogP contribution in [0, 0.1) is 17.8 Å². The monoisotopic (exact) mass is 376 g/mol. The first kappa shape index (κ1) is 18.8. The zero-order chi connectivity index (χ0) is 17.8. The normalized spacial score (nSPS) is 33.4. The lowest BCUT2D eigenvalue weighted by Gasteiger charge is -2.38. The molecule has 0 atom stereocenters. The fraction of sp³-hybridized carbons (Fsp3) is 0.739. The molecule has 1 saturated heterocycles. The van der Waals surface area contributed by atoms with Gasteiger partial charge in [0.2, 0.25) is 0 Å². The van der Waals surface area contributed by atoms with Gasteiger partial charge in [-0.05, 0) is 92.7 Å². The molecule has 1 aromatic carbocycles. The van der Waals surface area contributed by atoms with E-state index in [4.69, 9.17) is 21.1 Å². The summed E-state index contributed by atoms with van der Waals surface area (Å²) in [6.45, 7) is 1.58. The summed E-state index contributed by atoms with van der Waals surface area (Å²) in [5.74, 6) is 3.62. The van der Waals surface area contributed by atoms with Gasteiger partial charge in [-0.1, -0.05) is 36.6 Å². The van der Waals surface area contributed by atoms with E-state index in [1.807, 2.05) is 12.1 Å². The highest BCUT2D eigenvalue weighted by Gasteiger charge is 2.31. The summed E-state index contributed by atoms with van der Waals surface area (Å²) >= 11 is 6.03. The molecule has 2 nitrogen and oxygen atoms in total. The van der Waals surface area contributed by atoms with Gasteiger partial charge in [0, 0.05) is 5.02 Å². The summed E-state index contributed by atoms with van der Waals surface area (Å²) in [6.07, 6.45) is 13.8. The van der Waals surface area contributed by atoms with Crippen LogP contribution < -0.4 is 0 Å². The maximum Gasteiger partial charge on any atom is 0.157 e. The average Bonchev–Trinajstić information content (AvgIpc) is 3.21. The van der Waals surface area contributed by atoms with Crippen molar-refractivity contribution in [1.29, 1.82) is 0 Å². The lowest BCUT2D eigenvalue weighted by Crippen LogP contribution is -2.25. The van der Waals surface area contributed by atoms with Crippen molar-refractivity contribution in [2.45, 2.75) is 76.4 Å². The second-order valence-electron chi connectivity index (χ2n) is 8.69. The lowest BCUT2D eigenvalue weighted by molar-refractivity contribution is -0.0514. The van der Waals surface area contributed by atoms with E-state index in [9.17, 15) is 0 Å². The molecule has 1 heterocycles. The molecular weight excluding hydrogens is 344 g/mol. The molecule has 0 aromatic heterocycles. The van der Waals surface area contributed by atoms with E-state index in [1.54, 1.807) is 0 Å². The molecule has 1 aliphatic heterocycles. The number of hydrogen-bond acceptors (Lipinski definition) is 2. The van der Waals surface area contributed by atoms with Crippen LogP contribution in [0.25, 0.3) is 0 Å². The van der Waals surface area contributed by atoms with Crippen molar-refractivity contribution in [1.82, 2.24) is 0 Å². The highest BCUT2D eigenvalue weighted by atomic mass is 35.5. The minimum atomic E-state index is 0.0934. The minimum absolute atomic E-state index is 0.0934. The van der Waals surface area contributed by atoms with Gasteiger partial charge in [-0.15, -0.1) is 0 Å². The SMILES string of the molecule is Clc1ccc(C2CCC(C3CCC(CCC4OCCO4)CC3)CC2)cc1. The van der Waals surface area contributed by atoms with Gasteiger partial charge in [0.05, 0.1) is 13.2 Å². The van der Waals surface area contributed by atoms with Gasteiger partial charge in [-0.25, -0.2) is 0 Å². The Kier molecular flexibility index (Phi) is 6.56. The predicted molar refractivity (Wildman–Crippen MR) is 107 cm³/mol. The quantitative estimate of drug-likeness (QED) is 0.578. The van der Waals surface area contributed by atoms with Crippen LogP contribution in [0.1, 0.15) is 75.7 Å². The molecule has 0 radical (unpaired) electrons. The molecule has 144 valence electrons. The summed E-state index contributed by atoms with van der Waals surface area (Å²) in [5.41, 5.74) is 1.49. The van der Waals surface area contributed by atoms with Crippen LogP contribution in [0.3, 0.4) is 0 Å². The molecule has 0 unspecified atom stereocenters. The Balaban J connectivity index is 1.18. The second-order valence-corrected chi connectivity index (χ2v) is 9.13. The van der Waals surface area contributed by atoms with Crippen molar-refractivity contribution < 1.29 is 9.47 Å². The van der Waals surface area contributed by atoms with Crippen LogP contribution in [0.2, 0.25) is 5.02 Å². The standard InChI is InChI=1S/C23H33ClO2/c24-22-12-10-21(11-13-22)20-8-6-19(7-9-20)18-4-1-17(2-5-18)3-14-23-25-15-16-26-23/h10-13,17-20,23H,1-9,14-16H2. The maximum absolute atomic E-state index is 6.03. The number of rotatable bonds is 5. The van der Waals surface area contributed by atoms with Crippen molar-refractivity contribution in [3.8, 4) is 0 Å². The van der Waals surface area contributed by atoms with Gasteiger partial charge in [-0.2, -0.15) is 0 Å². The smallest absolute Gasteiger partial charge is 0.157 e. The Bertz CT molecular complexity index is 536. The topological polar surface area (TPSA) is 18.5 Å². The number of hydrogen-bond donors (Lipinski definition) is 0. The first-order valence-electron chi connectivity index (χ1n) is 10.8. The molecule has 0 amide bonds. The van der Waals surface area contributed by atoms with Crippen LogP contribution in [-0.2, 0) is 9.47 Å². The molecule has 1 aromatic rings. The van der Waals surface area contributed by atoms with Crippen LogP contribution in [-0.4, -0.2) is 19.5 Å². The molecule has 4 rings (SSSR count). The molecule has 3 fully saturated rings. The summed E-state index contributed by atoms with van der Waals surface area (Å²) in [5, 5.41) is 0.852. The van der Waals surface area contributed by atoms with E-state index in [1.165, 1.54) is 63.4 Å². The first-order valence-corrected chi connectivity index (χ1v) is 11.1. The molecule has 0 bridgehead atoms. The fourth-order valence-corrected chi connectivity index (χ4v) is 5.68. The van der Waals surface area contributed by atoms with Gasteiger partial charge in [-0.3, -0.25) is 0 Å². The third-order valence-corrected chi connectivity index (χ3v) is 7.42. The van der Waals surface area contributed by atoms with Crippen LogP contribution >= 0.6 is 11.6 Å². The maximum atomic E-state index is 6.03. The zero-order valence-electron chi connectivity index (χ0n) is 15.9. The predicted octanol–water partition coefficient (Wildman–Crippen LogP) is 6.57. The first-order chi connectivity index (χ1) is 12.8. The highest BCUT2D eigenvalue weighted by molar-refractivity contribution is 6.30. The fourth-order valence-electron chi connectivity index (χ4n) is 5.55. The Morgan fingerprint density at radius 2 is 1.31 bits per heavy atom. The summed E-state index contributed by atoms with van der Waals surface area (Å²) in [7, 11) is 0. The molecule has 26 heavy (non-hydrogen) atoms. The lowest BCUT2D eigenvalue weighted by atomic mass is 9.68. The highest BCUT2D eigenvalue weighted by Crippen LogP contribution is 2.44. The number of benzene rings is 1. The number of ether oxygens (including phenoxy) is 2. The summed E-state index contributed by atoms with van der Waals surface area (Å²) in [4.78, 5) is 0. The Labute approximate surface area is 163 Å². The van der Waals surface area contributed by atoms with Crippen molar-refractivity contribution in [3.63, 3.8) is 0 Å². The Morgan fingerprint density at radius 1 is 0.731 bits per heavy atom.